The molecule has 0 atom stereocenters. The molecule has 0 heterocycles. The molecule has 0 spiro atoms. The second kappa shape index (κ2) is 9.73. The minimum Gasteiger partial charge on any atom is -0.497 e. The number of rotatable bonds is 6. The Labute approximate surface area is 181 Å². The van der Waals surface area contributed by atoms with Crippen molar-refractivity contribution in [2.45, 2.75) is 20.3 Å². The van der Waals surface area contributed by atoms with Crippen molar-refractivity contribution in [3.8, 4) is 11.8 Å². The molecule has 5 heteroatoms. The highest BCUT2D eigenvalue weighted by molar-refractivity contribution is 6.10. The van der Waals surface area contributed by atoms with Gasteiger partial charge < -0.3 is 10.1 Å². The zero-order chi connectivity index (χ0) is 22.4. The number of hydrogen-bond donors (Lipinski definition) is 1. The Morgan fingerprint density at radius 3 is 2.61 bits per heavy atom. The lowest BCUT2D eigenvalue weighted by molar-refractivity contribution is -0.112. The van der Waals surface area contributed by atoms with Crippen LogP contribution in [0.25, 0.3) is 6.08 Å². The first-order valence-corrected chi connectivity index (χ1v) is 9.82. The highest BCUT2D eigenvalue weighted by Gasteiger charge is 2.13. The molecule has 0 unspecified atom stereocenters. The SMILES string of the molecule is COc1ccc(/C=C(\C#N)C(=O)Nc2cccc(C)c2C)c(Cc2cccc(F)c2)c1. The molecule has 0 bridgehead atoms. The van der Waals surface area contributed by atoms with E-state index in [0.29, 0.717) is 23.4 Å². The standard InChI is InChI=1S/C26H23FN2O2/c1-17-6-4-9-25(18(17)2)29-26(30)22(16-28)14-20-10-11-24(31-3)15-21(20)12-19-7-5-8-23(27)13-19/h4-11,13-15H,12H2,1-3H3,(H,29,30)/b22-14+. The number of nitrogens with one attached hydrogen (secondary N) is 1. The van der Waals surface area contributed by atoms with Crippen LogP contribution >= 0.6 is 0 Å². The van der Waals surface area contributed by atoms with Crippen LogP contribution < -0.4 is 10.1 Å². The summed E-state index contributed by atoms with van der Waals surface area (Å²) in [6.45, 7) is 3.88. The van der Waals surface area contributed by atoms with Gasteiger partial charge >= 0.3 is 0 Å². The second-order valence-corrected chi connectivity index (χ2v) is 7.24. The minimum absolute atomic E-state index is 0.0217. The monoisotopic (exact) mass is 414 g/mol. The van der Waals surface area contributed by atoms with Crippen molar-refractivity contribution in [2.75, 3.05) is 12.4 Å². The molecule has 4 nitrogen and oxygen atoms in total. The number of methoxy groups -OCH3 is 1. The van der Waals surface area contributed by atoms with Crippen molar-refractivity contribution in [2.24, 2.45) is 0 Å². The summed E-state index contributed by atoms with van der Waals surface area (Å²) < 4.78 is 18.9. The van der Waals surface area contributed by atoms with Gasteiger partial charge in [0.2, 0.25) is 0 Å². The third-order valence-corrected chi connectivity index (χ3v) is 5.15. The number of ether oxygens (including phenoxy) is 1. The van der Waals surface area contributed by atoms with Crippen molar-refractivity contribution >= 4 is 17.7 Å². The van der Waals surface area contributed by atoms with E-state index in [0.717, 1.165) is 22.3 Å². The van der Waals surface area contributed by atoms with Crippen molar-refractivity contribution in [1.29, 1.82) is 5.26 Å². The molecular formula is C26H23FN2O2. The molecule has 0 aliphatic heterocycles. The van der Waals surface area contributed by atoms with Gasteiger partial charge in [0.1, 0.15) is 23.2 Å². The molecule has 0 aliphatic carbocycles. The number of nitriles is 1. The topological polar surface area (TPSA) is 62.1 Å². The Hall–Kier alpha value is -3.91. The quantitative estimate of drug-likeness (QED) is 0.423. The first-order valence-electron chi connectivity index (χ1n) is 9.82. The number of amides is 1. The van der Waals surface area contributed by atoms with Crippen LogP contribution in [0.5, 0.6) is 5.75 Å². The Morgan fingerprint density at radius 1 is 1.13 bits per heavy atom. The molecule has 1 amide bonds. The zero-order valence-corrected chi connectivity index (χ0v) is 17.7. The molecule has 3 rings (SSSR count). The van der Waals surface area contributed by atoms with Gasteiger partial charge in [-0.2, -0.15) is 5.26 Å². The number of carbonyl (C=O) groups is 1. The zero-order valence-electron chi connectivity index (χ0n) is 17.7. The summed E-state index contributed by atoms with van der Waals surface area (Å²) in [7, 11) is 1.56. The lowest BCUT2D eigenvalue weighted by Crippen LogP contribution is -2.14. The van der Waals surface area contributed by atoms with Crippen LogP contribution in [0.2, 0.25) is 0 Å². The van der Waals surface area contributed by atoms with Gasteiger partial charge in [-0.1, -0.05) is 30.3 Å². The van der Waals surface area contributed by atoms with Crippen LogP contribution in [0.15, 0.2) is 66.2 Å². The van der Waals surface area contributed by atoms with E-state index >= 15 is 0 Å². The van der Waals surface area contributed by atoms with E-state index in [9.17, 15) is 14.4 Å². The molecule has 0 saturated carbocycles. The van der Waals surface area contributed by atoms with E-state index < -0.39 is 5.91 Å². The molecule has 156 valence electrons. The summed E-state index contributed by atoms with van der Waals surface area (Å²) >= 11 is 0. The van der Waals surface area contributed by atoms with Crippen LogP contribution in [0.4, 0.5) is 10.1 Å². The van der Waals surface area contributed by atoms with E-state index in [-0.39, 0.29) is 11.4 Å². The highest BCUT2D eigenvalue weighted by Crippen LogP contribution is 2.24. The average Bonchev–Trinajstić information content (AvgIpc) is 2.76. The van der Waals surface area contributed by atoms with Crippen LogP contribution in [0.1, 0.15) is 27.8 Å². The molecule has 0 aliphatic rings. The first kappa shape index (κ1) is 21.8. The summed E-state index contributed by atoms with van der Waals surface area (Å²) in [5.74, 6) is -0.159. The van der Waals surface area contributed by atoms with Gasteiger partial charge in [0.15, 0.2) is 0 Å². The predicted molar refractivity (Wildman–Crippen MR) is 120 cm³/mol. The molecule has 0 radical (unpaired) electrons. The molecule has 0 saturated heterocycles. The van der Waals surface area contributed by atoms with Crippen LogP contribution in [-0.4, -0.2) is 13.0 Å². The Bertz CT molecular complexity index is 1190. The normalized spacial score (nSPS) is 11.0. The summed E-state index contributed by atoms with van der Waals surface area (Å²) in [6, 6.07) is 19.3. The van der Waals surface area contributed by atoms with Crippen LogP contribution in [-0.2, 0) is 11.2 Å². The van der Waals surface area contributed by atoms with Crippen LogP contribution in [0, 0.1) is 31.0 Å². The van der Waals surface area contributed by atoms with Crippen molar-refractivity contribution < 1.29 is 13.9 Å². The third-order valence-electron chi connectivity index (χ3n) is 5.15. The Morgan fingerprint density at radius 2 is 1.90 bits per heavy atom. The summed E-state index contributed by atoms with van der Waals surface area (Å²) in [6.07, 6.45) is 1.98. The van der Waals surface area contributed by atoms with E-state index in [1.54, 1.807) is 37.5 Å². The largest absolute Gasteiger partial charge is 0.497 e. The number of aryl methyl sites for hydroxylation is 1. The molecular weight excluding hydrogens is 391 g/mol. The molecule has 3 aromatic carbocycles. The van der Waals surface area contributed by atoms with Crippen molar-refractivity contribution in [1.82, 2.24) is 0 Å². The predicted octanol–water partition coefficient (Wildman–Crippen LogP) is 5.59. The molecule has 1 N–H and O–H groups in total. The summed E-state index contributed by atoms with van der Waals surface area (Å²) in [4.78, 5) is 12.8. The summed E-state index contributed by atoms with van der Waals surface area (Å²) in [5.41, 5.74) is 4.93. The minimum atomic E-state index is -0.483. The van der Waals surface area contributed by atoms with Crippen molar-refractivity contribution in [3.05, 3.63) is 99.9 Å². The maximum Gasteiger partial charge on any atom is 0.266 e. The average molecular weight is 414 g/mol. The van der Waals surface area contributed by atoms with E-state index in [1.165, 1.54) is 12.1 Å². The molecule has 0 aromatic heterocycles. The number of benzene rings is 3. The van der Waals surface area contributed by atoms with Crippen molar-refractivity contribution in [3.63, 3.8) is 0 Å². The van der Waals surface area contributed by atoms with Gasteiger partial charge in [-0.25, -0.2) is 4.39 Å². The number of carbonyl (C=O) groups excluding carboxylic acids is 1. The number of halogens is 1. The fourth-order valence-corrected chi connectivity index (χ4v) is 3.25. The first-order chi connectivity index (χ1) is 14.9. The molecule has 3 aromatic rings. The second-order valence-electron chi connectivity index (χ2n) is 7.24. The van der Waals surface area contributed by atoms with E-state index in [1.807, 2.05) is 44.2 Å². The van der Waals surface area contributed by atoms with E-state index in [2.05, 4.69) is 5.32 Å². The van der Waals surface area contributed by atoms with Gasteiger partial charge in [-0.05, 0) is 84.5 Å². The van der Waals surface area contributed by atoms with Gasteiger partial charge in [0.25, 0.3) is 5.91 Å². The fraction of sp³-hybridized carbons (Fsp3) is 0.154. The number of nitrogens with zero attached hydrogens (tertiary/aromatic N) is 1. The Kier molecular flexibility index (Phi) is 6.84. The third kappa shape index (κ3) is 5.37. The maximum absolute atomic E-state index is 13.6. The fourth-order valence-electron chi connectivity index (χ4n) is 3.25. The summed E-state index contributed by atoms with van der Waals surface area (Å²) in [5, 5.41) is 12.4. The molecule has 31 heavy (non-hydrogen) atoms. The van der Waals surface area contributed by atoms with Gasteiger partial charge in [-0.15, -0.1) is 0 Å². The smallest absolute Gasteiger partial charge is 0.266 e. The number of hydrogen-bond acceptors (Lipinski definition) is 3. The van der Waals surface area contributed by atoms with Gasteiger partial charge in [0, 0.05) is 5.69 Å². The molecule has 0 fully saturated rings. The van der Waals surface area contributed by atoms with Gasteiger partial charge in [0.05, 0.1) is 7.11 Å². The lowest BCUT2D eigenvalue weighted by atomic mass is 9.97. The van der Waals surface area contributed by atoms with E-state index in [4.69, 9.17) is 4.74 Å². The van der Waals surface area contributed by atoms with Crippen LogP contribution in [0.3, 0.4) is 0 Å². The lowest BCUT2D eigenvalue weighted by Gasteiger charge is -2.12. The number of anilines is 1. The van der Waals surface area contributed by atoms with Gasteiger partial charge in [-0.3, -0.25) is 4.79 Å². The highest BCUT2D eigenvalue weighted by atomic mass is 19.1. The Balaban J connectivity index is 1.95. The maximum atomic E-state index is 13.6.